The summed E-state index contributed by atoms with van der Waals surface area (Å²) in [5.41, 5.74) is 2.95. The molecule has 158 valence electrons. The van der Waals surface area contributed by atoms with Gasteiger partial charge >= 0.3 is 0 Å². The van der Waals surface area contributed by atoms with Crippen molar-refractivity contribution in [2.24, 2.45) is 0 Å². The minimum absolute atomic E-state index is 0.545. The van der Waals surface area contributed by atoms with Gasteiger partial charge < -0.3 is 19.5 Å². The first-order chi connectivity index (χ1) is 14.7. The van der Waals surface area contributed by atoms with Crippen molar-refractivity contribution in [3.63, 3.8) is 0 Å². The third kappa shape index (κ3) is 4.76. The first-order valence-corrected chi connectivity index (χ1v) is 12.2. The largest absolute Gasteiger partial charge is 0.598 e. The molecule has 0 spiro atoms. The van der Waals surface area contributed by atoms with E-state index >= 15 is 0 Å². The summed E-state index contributed by atoms with van der Waals surface area (Å²) in [6.07, 6.45) is 5.57. The zero-order valence-electron chi connectivity index (χ0n) is 17.1. The van der Waals surface area contributed by atoms with E-state index in [0.717, 1.165) is 45.1 Å². The number of nitrogens with zero attached hydrogens (tertiary/aromatic N) is 3. The van der Waals surface area contributed by atoms with Crippen molar-refractivity contribution in [2.45, 2.75) is 6.54 Å². The minimum Gasteiger partial charge on any atom is -0.598 e. The molecule has 1 aromatic carbocycles. The summed E-state index contributed by atoms with van der Waals surface area (Å²) in [7, 11) is 1.88. The molecule has 0 bridgehead atoms. The Morgan fingerprint density at radius 2 is 2.07 bits per heavy atom. The van der Waals surface area contributed by atoms with E-state index in [-0.39, 0.29) is 0 Å². The number of anilines is 1. The van der Waals surface area contributed by atoms with Gasteiger partial charge in [-0.1, -0.05) is 24.3 Å². The number of benzene rings is 1. The molecule has 2 aromatic heterocycles. The summed E-state index contributed by atoms with van der Waals surface area (Å²) in [5, 5.41) is 3.04. The minimum atomic E-state index is -1.06. The molecule has 7 nitrogen and oxygen atoms in total. The number of ether oxygens (including phenoxy) is 1. The number of rotatable bonds is 7. The van der Waals surface area contributed by atoms with Crippen molar-refractivity contribution >= 4 is 44.8 Å². The van der Waals surface area contributed by atoms with Crippen LogP contribution in [0, 0.1) is 0 Å². The highest BCUT2D eigenvalue weighted by Crippen LogP contribution is 2.35. The highest BCUT2D eigenvalue weighted by atomic mass is 32.2. The standard InChI is InChI=1S/C21H25N5O2S2/c1-22-8-7-15-5-3-4-6-17(15)20-24-18-13-16(14-23-30(2)27)29-19(18)21(25-20)26-9-11-28-12-10-26/h3-8,13,22-23H,9-12,14H2,1-2H3/b8-7-. The zero-order chi connectivity index (χ0) is 20.9. The zero-order valence-corrected chi connectivity index (χ0v) is 18.7. The second-order valence-electron chi connectivity index (χ2n) is 6.88. The lowest BCUT2D eigenvalue weighted by molar-refractivity contribution is 0.122. The van der Waals surface area contributed by atoms with Crippen molar-refractivity contribution < 1.29 is 9.29 Å². The van der Waals surface area contributed by atoms with Gasteiger partial charge in [-0.2, -0.15) is 0 Å². The van der Waals surface area contributed by atoms with Gasteiger partial charge in [-0.15, -0.1) is 16.1 Å². The van der Waals surface area contributed by atoms with Gasteiger partial charge in [-0.3, -0.25) is 0 Å². The third-order valence-corrected chi connectivity index (χ3v) is 6.47. The number of hydrogen-bond acceptors (Lipinski definition) is 8. The van der Waals surface area contributed by atoms with Crippen LogP contribution < -0.4 is 14.9 Å². The van der Waals surface area contributed by atoms with Crippen LogP contribution in [0.2, 0.25) is 0 Å². The van der Waals surface area contributed by atoms with E-state index in [1.165, 1.54) is 0 Å². The summed E-state index contributed by atoms with van der Waals surface area (Å²) in [5.74, 6) is 1.65. The number of hydrogen-bond donors (Lipinski definition) is 2. The molecule has 3 heterocycles. The average molecular weight is 444 g/mol. The Morgan fingerprint density at radius 1 is 1.27 bits per heavy atom. The average Bonchev–Trinajstić information content (AvgIpc) is 3.19. The second kappa shape index (κ2) is 9.76. The summed E-state index contributed by atoms with van der Waals surface area (Å²) < 4.78 is 21.0. The van der Waals surface area contributed by atoms with E-state index in [4.69, 9.17) is 14.7 Å². The lowest BCUT2D eigenvalue weighted by Crippen LogP contribution is -2.36. The quantitative estimate of drug-likeness (QED) is 0.543. The molecule has 1 aliphatic rings. The molecule has 1 fully saturated rings. The number of thiophene rings is 1. The van der Waals surface area contributed by atoms with Gasteiger partial charge in [0.15, 0.2) is 11.6 Å². The number of nitrogens with one attached hydrogen (secondary N) is 2. The number of aromatic nitrogens is 2. The lowest BCUT2D eigenvalue weighted by atomic mass is 10.1. The van der Waals surface area contributed by atoms with Crippen molar-refractivity contribution in [1.29, 1.82) is 0 Å². The van der Waals surface area contributed by atoms with E-state index in [9.17, 15) is 4.55 Å². The first kappa shape index (κ1) is 21.1. The molecule has 4 rings (SSSR count). The molecular formula is C21H25N5O2S2. The summed E-state index contributed by atoms with van der Waals surface area (Å²) >= 11 is 0.595. The molecular weight excluding hydrogens is 418 g/mol. The number of fused-ring (bicyclic) bond motifs is 1. The third-order valence-electron chi connectivity index (χ3n) is 4.80. The van der Waals surface area contributed by atoms with Crippen molar-refractivity contribution in [1.82, 2.24) is 20.0 Å². The second-order valence-corrected chi connectivity index (χ2v) is 9.22. The molecule has 0 amide bonds. The van der Waals surface area contributed by atoms with E-state index in [1.807, 2.05) is 31.5 Å². The van der Waals surface area contributed by atoms with Crippen molar-refractivity contribution in [3.8, 4) is 11.4 Å². The summed E-state index contributed by atoms with van der Waals surface area (Å²) in [4.78, 5) is 13.3. The fourth-order valence-corrected chi connectivity index (χ4v) is 4.86. The van der Waals surface area contributed by atoms with Crippen LogP contribution in [0.3, 0.4) is 0 Å². The maximum atomic E-state index is 11.5. The Bertz CT molecular complexity index is 1030. The van der Waals surface area contributed by atoms with Crippen molar-refractivity contribution in [2.75, 3.05) is 44.5 Å². The van der Waals surface area contributed by atoms with Gasteiger partial charge in [0.1, 0.15) is 6.26 Å². The molecule has 0 radical (unpaired) electrons. The Kier molecular flexibility index (Phi) is 6.86. The fraction of sp³-hybridized carbons (Fsp3) is 0.333. The van der Waals surface area contributed by atoms with Crippen LogP contribution in [0.15, 0.2) is 36.5 Å². The van der Waals surface area contributed by atoms with Crippen LogP contribution in [-0.4, -0.2) is 54.1 Å². The van der Waals surface area contributed by atoms with E-state index in [2.05, 4.69) is 33.1 Å². The maximum absolute atomic E-state index is 11.5. The highest BCUT2D eigenvalue weighted by Gasteiger charge is 2.21. The highest BCUT2D eigenvalue weighted by molar-refractivity contribution is 7.88. The molecule has 0 saturated carbocycles. The van der Waals surface area contributed by atoms with Crippen LogP contribution in [0.25, 0.3) is 27.7 Å². The molecule has 1 saturated heterocycles. The monoisotopic (exact) mass is 443 g/mol. The molecule has 1 atom stereocenters. The fourth-order valence-electron chi connectivity index (χ4n) is 3.35. The Hall–Kier alpha value is -2.17. The first-order valence-electron chi connectivity index (χ1n) is 9.79. The van der Waals surface area contributed by atoms with E-state index in [1.54, 1.807) is 17.6 Å². The lowest BCUT2D eigenvalue weighted by Gasteiger charge is -2.28. The van der Waals surface area contributed by atoms with Gasteiger partial charge in [0.25, 0.3) is 0 Å². The maximum Gasteiger partial charge on any atom is 0.162 e. The van der Waals surface area contributed by atoms with Crippen LogP contribution in [0.4, 0.5) is 5.82 Å². The van der Waals surface area contributed by atoms with Gasteiger partial charge in [0.2, 0.25) is 0 Å². The Morgan fingerprint density at radius 3 is 2.83 bits per heavy atom. The molecule has 9 heteroatoms. The summed E-state index contributed by atoms with van der Waals surface area (Å²) in [6, 6.07) is 10.2. The Labute approximate surface area is 183 Å². The van der Waals surface area contributed by atoms with E-state index < -0.39 is 11.4 Å². The molecule has 1 aliphatic heterocycles. The molecule has 2 N–H and O–H groups in total. The van der Waals surface area contributed by atoms with Gasteiger partial charge in [-0.05, 0) is 23.9 Å². The Balaban J connectivity index is 1.82. The van der Waals surface area contributed by atoms with Crippen LogP contribution in [0.5, 0.6) is 0 Å². The number of morpholine rings is 1. The van der Waals surface area contributed by atoms with Crippen LogP contribution in [0.1, 0.15) is 10.4 Å². The normalized spacial score (nSPS) is 15.8. The van der Waals surface area contributed by atoms with Gasteiger partial charge in [0.05, 0.1) is 30.0 Å². The molecule has 30 heavy (non-hydrogen) atoms. The molecule has 1 unspecified atom stereocenters. The molecule has 3 aromatic rings. The van der Waals surface area contributed by atoms with Gasteiger partial charge in [0, 0.05) is 41.9 Å². The topological polar surface area (TPSA) is 85.4 Å². The predicted octanol–water partition coefficient (Wildman–Crippen LogP) is 2.77. The predicted molar refractivity (Wildman–Crippen MR) is 125 cm³/mol. The molecule has 0 aliphatic carbocycles. The SMILES string of the molecule is CN/C=C\c1ccccc1-c1nc(N2CCOCC2)c2sc(CN[S+](C)[O-])cc2n1. The van der Waals surface area contributed by atoms with E-state index in [0.29, 0.717) is 25.6 Å². The smallest absolute Gasteiger partial charge is 0.162 e. The van der Waals surface area contributed by atoms with Gasteiger partial charge in [-0.25, -0.2) is 9.97 Å². The van der Waals surface area contributed by atoms with Crippen LogP contribution in [-0.2, 0) is 22.6 Å². The van der Waals surface area contributed by atoms with Crippen molar-refractivity contribution in [3.05, 3.63) is 47.0 Å². The summed E-state index contributed by atoms with van der Waals surface area (Å²) in [6.45, 7) is 3.53. The van der Waals surface area contributed by atoms with Crippen LogP contribution >= 0.6 is 11.3 Å².